The molecule has 1 aromatic rings. The van der Waals surface area contributed by atoms with E-state index < -0.39 is 10.0 Å². The van der Waals surface area contributed by atoms with Gasteiger partial charge in [-0.25, -0.2) is 8.42 Å². The van der Waals surface area contributed by atoms with E-state index in [-0.39, 0.29) is 15.7 Å². The zero-order chi connectivity index (χ0) is 16.2. The van der Waals surface area contributed by atoms with E-state index in [0.29, 0.717) is 38.8 Å². The average Bonchev–Trinajstić information content (AvgIpc) is 2.98. The fraction of sp³-hybridized carbons (Fsp3) is 0.643. The van der Waals surface area contributed by atoms with Gasteiger partial charge in [-0.1, -0.05) is 13.8 Å². The number of hydrogen-bond donors (Lipinski definition) is 1. The second-order valence-corrected chi connectivity index (χ2v) is 8.39. The van der Waals surface area contributed by atoms with Crippen LogP contribution in [0.3, 0.4) is 0 Å². The third kappa shape index (κ3) is 4.07. The highest BCUT2D eigenvalue weighted by Gasteiger charge is 2.31. The topological polar surface area (TPSA) is 75.7 Å². The number of nitrogens with one attached hydrogen (secondary N) is 1. The zero-order valence-corrected chi connectivity index (χ0v) is 14.5. The van der Waals surface area contributed by atoms with Gasteiger partial charge in [-0.15, -0.1) is 11.3 Å². The second kappa shape index (κ2) is 7.54. The predicted molar refractivity (Wildman–Crippen MR) is 85.7 cm³/mol. The van der Waals surface area contributed by atoms with E-state index in [2.05, 4.69) is 19.2 Å². The fourth-order valence-corrected chi connectivity index (χ4v) is 4.87. The van der Waals surface area contributed by atoms with E-state index in [1.54, 1.807) is 5.38 Å². The summed E-state index contributed by atoms with van der Waals surface area (Å²) in [6.45, 7) is 6.13. The van der Waals surface area contributed by atoms with Gasteiger partial charge in [0.05, 0.1) is 13.2 Å². The van der Waals surface area contributed by atoms with Crippen LogP contribution in [-0.2, 0) is 14.8 Å². The van der Waals surface area contributed by atoms with Crippen LogP contribution in [0, 0.1) is 5.92 Å². The molecule has 0 spiro atoms. The summed E-state index contributed by atoms with van der Waals surface area (Å²) in [6.07, 6.45) is 0.864. The molecule has 0 saturated carbocycles. The highest BCUT2D eigenvalue weighted by Crippen LogP contribution is 2.25. The molecule has 1 aliphatic heterocycles. The van der Waals surface area contributed by atoms with Gasteiger partial charge < -0.3 is 10.1 Å². The van der Waals surface area contributed by atoms with Gasteiger partial charge in [0.25, 0.3) is 5.91 Å². The molecule has 0 radical (unpaired) electrons. The van der Waals surface area contributed by atoms with E-state index in [0.717, 1.165) is 17.8 Å². The molecule has 1 amide bonds. The van der Waals surface area contributed by atoms with Crippen molar-refractivity contribution in [1.29, 1.82) is 0 Å². The maximum Gasteiger partial charge on any atom is 0.262 e. The Balaban J connectivity index is 2.12. The molecule has 2 rings (SSSR count). The van der Waals surface area contributed by atoms with Gasteiger partial charge in [0.15, 0.2) is 0 Å². The molecule has 0 aliphatic carbocycles. The van der Waals surface area contributed by atoms with Crippen molar-refractivity contribution in [1.82, 2.24) is 9.62 Å². The number of rotatable bonds is 6. The summed E-state index contributed by atoms with van der Waals surface area (Å²) >= 11 is 1.16. The Bertz CT molecular complexity index is 604. The number of amides is 1. The van der Waals surface area contributed by atoms with Gasteiger partial charge >= 0.3 is 0 Å². The van der Waals surface area contributed by atoms with Crippen molar-refractivity contribution in [2.24, 2.45) is 5.92 Å². The van der Waals surface area contributed by atoms with Gasteiger partial charge in [-0.3, -0.25) is 4.79 Å². The standard InChI is InChI=1S/C14H22N2O4S2/c1-11(2)3-5-15-14(17)13-12(4-10-21-13)22(18,19)16-6-8-20-9-7-16/h4,10-11H,3,5-9H2,1-2H3,(H,15,17). The summed E-state index contributed by atoms with van der Waals surface area (Å²) in [7, 11) is -3.63. The molecule has 1 aliphatic rings. The maximum absolute atomic E-state index is 12.7. The molecule has 1 N–H and O–H groups in total. The SMILES string of the molecule is CC(C)CCNC(=O)c1sccc1S(=O)(=O)N1CCOCC1. The van der Waals surface area contributed by atoms with Crippen molar-refractivity contribution in [2.45, 2.75) is 25.2 Å². The van der Waals surface area contributed by atoms with Crippen molar-refractivity contribution < 1.29 is 17.9 Å². The Labute approximate surface area is 135 Å². The summed E-state index contributed by atoms with van der Waals surface area (Å²) in [5.74, 6) is 0.169. The van der Waals surface area contributed by atoms with E-state index in [1.807, 2.05) is 0 Å². The first-order valence-electron chi connectivity index (χ1n) is 7.36. The lowest BCUT2D eigenvalue weighted by molar-refractivity contribution is 0.0730. The smallest absolute Gasteiger partial charge is 0.262 e. The molecule has 6 nitrogen and oxygen atoms in total. The van der Waals surface area contributed by atoms with Crippen LogP contribution >= 0.6 is 11.3 Å². The van der Waals surface area contributed by atoms with E-state index >= 15 is 0 Å². The van der Waals surface area contributed by atoms with Gasteiger partial charge in [0.2, 0.25) is 10.0 Å². The van der Waals surface area contributed by atoms with E-state index in [4.69, 9.17) is 4.74 Å². The molecule has 1 aromatic heterocycles. The van der Waals surface area contributed by atoms with Crippen LogP contribution in [0.1, 0.15) is 29.9 Å². The number of morpholine rings is 1. The number of sulfonamides is 1. The number of thiophene rings is 1. The van der Waals surface area contributed by atoms with Gasteiger partial charge in [-0.05, 0) is 23.8 Å². The van der Waals surface area contributed by atoms with E-state index in [1.165, 1.54) is 10.4 Å². The molecule has 0 bridgehead atoms. The van der Waals surface area contributed by atoms with Crippen LogP contribution in [0.15, 0.2) is 16.3 Å². The van der Waals surface area contributed by atoms with Crippen molar-refractivity contribution in [3.63, 3.8) is 0 Å². The van der Waals surface area contributed by atoms with Crippen LogP contribution < -0.4 is 5.32 Å². The van der Waals surface area contributed by atoms with Crippen LogP contribution in [0.4, 0.5) is 0 Å². The fourth-order valence-electron chi connectivity index (χ4n) is 2.15. The Morgan fingerprint density at radius 3 is 2.73 bits per heavy atom. The molecule has 0 unspecified atom stereocenters. The second-order valence-electron chi connectivity index (χ2n) is 5.57. The minimum atomic E-state index is -3.63. The van der Waals surface area contributed by atoms with Crippen molar-refractivity contribution >= 4 is 27.3 Å². The predicted octanol–water partition coefficient (Wildman–Crippen LogP) is 1.54. The summed E-state index contributed by atoms with van der Waals surface area (Å²) in [4.78, 5) is 12.6. The molecule has 8 heteroatoms. The lowest BCUT2D eigenvalue weighted by Crippen LogP contribution is -2.41. The van der Waals surface area contributed by atoms with Crippen molar-refractivity contribution in [3.8, 4) is 0 Å². The number of carbonyl (C=O) groups excluding carboxylic acids is 1. The average molecular weight is 346 g/mol. The van der Waals surface area contributed by atoms with Crippen molar-refractivity contribution in [2.75, 3.05) is 32.8 Å². The Kier molecular flexibility index (Phi) is 5.96. The molecule has 1 fully saturated rings. The minimum absolute atomic E-state index is 0.0986. The van der Waals surface area contributed by atoms with Crippen molar-refractivity contribution in [3.05, 3.63) is 16.3 Å². The van der Waals surface area contributed by atoms with Crippen LogP contribution in [-0.4, -0.2) is 51.5 Å². The largest absolute Gasteiger partial charge is 0.379 e. The lowest BCUT2D eigenvalue weighted by Gasteiger charge is -2.26. The molecule has 0 aromatic carbocycles. The highest BCUT2D eigenvalue weighted by molar-refractivity contribution is 7.89. The van der Waals surface area contributed by atoms with Gasteiger partial charge in [0.1, 0.15) is 9.77 Å². The molecule has 1 saturated heterocycles. The van der Waals surface area contributed by atoms with Crippen LogP contribution in [0.2, 0.25) is 0 Å². The maximum atomic E-state index is 12.7. The third-order valence-electron chi connectivity index (χ3n) is 3.43. The van der Waals surface area contributed by atoms with Crippen LogP contribution in [0.25, 0.3) is 0 Å². The quantitative estimate of drug-likeness (QED) is 0.848. The molecule has 0 atom stereocenters. The lowest BCUT2D eigenvalue weighted by atomic mass is 10.1. The summed E-state index contributed by atoms with van der Waals surface area (Å²) < 4.78 is 31.9. The Morgan fingerprint density at radius 1 is 1.41 bits per heavy atom. The molecule has 22 heavy (non-hydrogen) atoms. The zero-order valence-electron chi connectivity index (χ0n) is 12.9. The minimum Gasteiger partial charge on any atom is -0.379 e. The first kappa shape index (κ1) is 17.4. The first-order chi connectivity index (χ1) is 10.4. The summed E-state index contributed by atoms with van der Waals surface area (Å²) in [5.41, 5.74) is 0. The van der Waals surface area contributed by atoms with Gasteiger partial charge in [0, 0.05) is 19.6 Å². The molecule has 124 valence electrons. The monoisotopic (exact) mass is 346 g/mol. The number of carbonyl (C=O) groups is 1. The highest BCUT2D eigenvalue weighted by atomic mass is 32.2. The molecule has 2 heterocycles. The summed E-state index contributed by atoms with van der Waals surface area (Å²) in [5, 5.41) is 4.44. The number of hydrogen-bond acceptors (Lipinski definition) is 5. The molecular weight excluding hydrogens is 324 g/mol. The Morgan fingerprint density at radius 2 is 2.09 bits per heavy atom. The Hall–Kier alpha value is -0.960. The number of nitrogens with zero attached hydrogens (tertiary/aromatic N) is 1. The first-order valence-corrected chi connectivity index (χ1v) is 9.68. The third-order valence-corrected chi connectivity index (χ3v) is 6.41. The van der Waals surface area contributed by atoms with E-state index in [9.17, 15) is 13.2 Å². The molecular formula is C14H22N2O4S2. The van der Waals surface area contributed by atoms with Crippen LogP contribution in [0.5, 0.6) is 0 Å². The van der Waals surface area contributed by atoms with Gasteiger partial charge in [-0.2, -0.15) is 4.31 Å². The summed E-state index contributed by atoms with van der Waals surface area (Å²) in [6, 6.07) is 1.51. The normalized spacial score (nSPS) is 16.9. The number of ether oxygens (including phenoxy) is 1.